The SMILES string of the molecule is CCC(N)Cc1nc(CCOc2ccccc2)no1. The summed E-state index contributed by atoms with van der Waals surface area (Å²) in [6.45, 7) is 2.57. The predicted molar refractivity (Wildman–Crippen MR) is 71.9 cm³/mol. The molecule has 19 heavy (non-hydrogen) atoms. The minimum atomic E-state index is 0.0777. The summed E-state index contributed by atoms with van der Waals surface area (Å²) < 4.78 is 10.7. The van der Waals surface area contributed by atoms with Gasteiger partial charge < -0.3 is 15.0 Å². The van der Waals surface area contributed by atoms with Crippen molar-refractivity contribution in [3.63, 3.8) is 0 Å². The Balaban J connectivity index is 1.77. The molecule has 0 fully saturated rings. The Morgan fingerprint density at radius 3 is 2.84 bits per heavy atom. The third kappa shape index (κ3) is 4.37. The van der Waals surface area contributed by atoms with Gasteiger partial charge in [0.05, 0.1) is 6.61 Å². The average molecular weight is 261 g/mol. The number of hydrogen-bond donors (Lipinski definition) is 1. The van der Waals surface area contributed by atoms with Crippen molar-refractivity contribution in [2.24, 2.45) is 5.73 Å². The van der Waals surface area contributed by atoms with Crippen molar-refractivity contribution in [1.29, 1.82) is 0 Å². The molecule has 1 aromatic heterocycles. The number of nitrogens with zero attached hydrogens (tertiary/aromatic N) is 2. The molecule has 0 aliphatic carbocycles. The van der Waals surface area contributed by atoms with Crippen LogP contribution in [0.2, 0.25) is 0 Å². The van der Waals surface area contributed by atoms with Gasteiger partial charge in [-0.15, -0.1) is 0 Å². The second-order valence-electron chi connectivity index (χ2n) is 4.39. The minimum absolute atomic E-state index is 0.0777. The first-order valence-corrected chi connectivity index (χ1v) is 6.53. The molecule has 0 radical (unpaired) electrons. The van der Waals surface area contributed by atoms with E-state index in [1.54, 1.807) is 0 Å². The van der Waals surface area contributed by atoms with E-state index in [-0.39, 0.29) is 6.04 Å². The summed E-state index contributed by atoms with van der Waals surface area (Å²) in [5, 5.41) is 3.91. The van der Waals surface area contributed by atoms with E-state index in [2.05, 4.69) is 10.1 Å². The normalized spacial score (nSPS) is 12.3. The zero-order valence-electron chi connectivity index (χ0n) is 11.1. The number of benzene rings is 1. The molecule has 2 aromatic rings. The lowest BCUT2D eigenvalue weighted by molar-refractivity contribution is 0.313. The molecule has 1 aromatic carbocycles. The van der Waals surface area contributed by atoms with Crippen LogP contribution in [-0.2, 0) is 12.8 Å². The molecule has 2 N–H and O–H groups in total. The summed E-state index contributed by atoms with van der Waals surface area (Å²) in [5.74, 6) is 2.11. The van der Waals surface area contributed by atoms with Crippen LogP contribution in [0.5, 0.6) is 5.75 Å². The molecule has 0 aliphatic heterocycles. The van der Waals surface area contributed by atoms with Crippen molar-refractivity contribution in [2.75, 3.05) is 6.61 Å². The van der Waals surface area contributed by atoms with E-state index < -0.39 is 0 Å². The van der Waals surface area contributed by atoms with Crippen LogP contribution in [0.1, 0.15) is 25.1 Å². The number of nitrogens with two attached hydrogens (primary N) is 1. The first kappa shape index (κ1) is 13.5. The third-order valence-electron chi connectivity index (χ3n) is 2.81. The van der Waals surface area contributed by atoms with Crippen molar-refractivity contribution < 1.29 is 9.26 Å². The van der Waals surface area contributed by atoms with E-state index in [1.807, 2.05) is 37.3 Å². The Hall–Kier alpha value is -1.88. The molecule has 5 heteroatoms. The molecule has 1 atom stereocenters. The molecule has 5 nitrogen and oxygen atoms in total. The van der Waals surface area contributed by atoms with E-state index in [9.17, 15) is 0 Å². The van der Waals surface area contributed by atoms with Crippen molar-refractivity contribution in [3.8, 4) is 5.75 Å². The molecule has 1 unspecified atom stereocenters. The molecule has 0 saturated heterocycles. The highest BCUT2D eigenvalue weighted by Crippen LogP contribution is 2.09. The molecule has 102 valence electrons. The van der Waals surface area contributed by atoms with Crippen LogP contribution in [0.3, 0.4) is 0 Å². The topological polar surface area (TPSA) is 74.2 Å². The molecule has 0 amide bonds. The van der Waals surface area contributed by atoms with Crippen LogP contribution in [0.4, 0.5) is 0 Å². The van der Waals surface area contributed by atoms with Crippen molar-refractivity contribution in [3.05, 3.63) is 42.0 Å². The zero-order chi connectivity index (χ0) is 13.5. The predicted octanol–water partition coefficient (Wildman–Crippen LogP) is 1.97. The van der Waals surface area contributed by atoms with Crippen LogP contribution in [0.15, 0.2) is 34.9 Å². The Labute approximate surface area is 112 Å². The number of hydrogen-bond acceptors (Lipinski definition) is 5. The van der Waals surface area contributed by atoms with E-state index >= 15 is 0 Å². The fourth-order valence-corrected chi connectivity index (χ4v) is 1.62. The fourth-order valence-electron chi connectivity index (χ4n) is 1.62. The van der Waals surface area contributed by atoms with Gasteiger partial charge in [0.1, 0.15) is 5.75 Å². The van der Waals surface area contributed by atoms with E-state index in [1.165, 1.54) is 0 Å². The van der Waals surface area contributed by atoms with Crippen LogP contribution in [-0.4, -0.2) is 22.8 Å². The van der Waals surface area contributed by atoms with Gasteiger partial charge in [0, 0.05) is 18.9 Å². The first-order chi connectivity index (χ1) is 9.28. The Bertz CT molecular complexity index is 484. The van der Waals surface area contributed by atoms with Gasteiger partial charge in [-0.3, -0.25) is 0 Å². The van der Waals surface area contributed by atoms with Gasteiger partial charge in [0.15, 0.2) is 5.82 Å². The maximum atomic E-state index is 5.84. The van der Waals surface area contributed by atoms with Crippen LogP contribution < -0.4 is 10.5 Å². The fraction of sp³-hybridized carbons (Fsp3) is 0.429. The van der Waals surface area contributed by atoms with Gasteiger partial charge >= 0.3 is 0 Å². The number of aromatic nitrogens is 2. The first-order valence-electron chi connectivity index (χ1n) is 6.53. The standard InChI is InChI=1S/C14H19N3O2/c1-2-11(15)10-14-16-13(17-19-14)8-9-18-12-6-4-3-5-7-12/h3-7,11H,2,8-10,15H2,1H3. The summed E-state index contributed by atoms with van der Waals surface area (Å²) in [6.07, 6.45) is 2.15. The average Bonchev–Trinajstić information content (AvgIpc) is 2.87. The lowest BCUT2D eigenvalue weighted by Crippen LogP contribution is -2.21. The highest BCUT2D eigenvalue weighted by atomic mass is 16.5. The lowest BCUT2D eigenvalue weighted by atomic mass is 10.2. The summed E-state index contributed by atoms with van der Waals surface area (Å²) in [6, 6.07) is 9.75. The highest BCUT2D eigenvalue weighted by Gasteiger charge is 2.09. The van der Waals surface area contributed by atoms with Crippen molar-refractivity contribution >= 4 is 0 Å². The maximum Gasteiger partial charge on any atom is 0.228 e. The summed E-state index contributed by atoms with van der Waals surface area (Å²) in [4.78, 5) is 4.29. The number of rotatable bonds is 7. The minimum Gasteiger partial charge on any atom is -0.493 e. The van der Waals surface area contributed by atoms with E-state index in [0.29, 0.717) is 31.2 Å². The molecule has 0 saturated carbocycles. The molecule has 2 rings (SSSR count). The van der Waals surface area contributed by atoms with Gasteiger partial charge in [-0.2, -0.15) is 4.98 Å². The van der Waals surface area contributed by atoms with E-state index in [4.69, 9.17) is 15.0 Å². The van der Waals surface area contributed by atoms with Crippen molar-refractivity contribution in [1.82, 2.24) is 10.1 Å². The molecule has 0 aliphatic rings. The Kier molecular flexibility index (Phi) is 4.92. The van der Waals surface area contributed by atoms with Crippen LogP contribution in [0.25, 0.3) is 0 Å². The van der Waals surface area contributed by atoms with Gasteiger partial charge in [-0.05, 0) is 18.6 Å². The summed E-state index contributed by atoms with van der Waals surface area (Å²) in [7, 11) is 0. The lowest BCUT2D eigenvalue weighted by Gasteiger charge is -2.03. The van der Waals surface area contributed by atoms with E-state index in [0.717, 1.165) is 12.2 Å². The smallest absolute Gasteiger partial charge is 0.228 e. The van der Waals surface area contributed by atoms with Crippen molar-refractivity contribution in [2.45, 2.75) is 32.2 Å². The van der Waals surface area contributed by atoms with Crippen LogP contribution >= 0.6 is 0 Å². The summed E-state index contributed by atoms with van der Waals surface area (Å²) >= 11 is 0. The Morgan fingerprint density at radius 1 is 1.32 bits per heavy atom. The molecular formula is C14H19N3O2. The number of ether oxygens (including phenoxy) is 1. The van der Waals surface area contributed by atoms with Gasteiger partial charge in [0.2, 0.25) is 5.89 Å². The monoisotopic (exact) mass is 261 g/mol. The second-order valence-corrected chi connectivity index (χ2v) is 4.39. The Morgan fingerprint density at radius 2 is 2.11 bits per heavy atom. The summed E-state index contributed by atoms with van der Waals surface area (Å²) in [5.41, 5.74) is 5.84. The quantitative estimate of drug-likeness (QED) is 0.824. The maximum absolute atomic E-state index is 5.84. The molecule has 1 heterocycles. The van der Waals surface area contributed by atoms with Gasteiger partial charge in [0.25, 0.3) is 0 Å². The highest BCUT2D eigenvalue weighted by molar-refractivity contribution is 5.20. The third-order valence-corrected chi connectivity index (χ3v) is 2.81. The van der Waals surface area contributed by atoms with Gasteiger partial charge in [-0.1, -0.05) is 30.3 Å². The van der Waals surface area contributed by atoms with Gasteiger partial charge in [-0.25, -0.2) is 0 Å². The van der Waals surface area contributed by atoms with Crippen LogP contribution in [0, 0.1) is 0 Å². The molecule has 0 spiro atoms. The molecule has 0 bridgehead atoms. The largest absolute Gasteiger partial charge is 0.493 e. The number of para-hydroxylation sites is 1. The molecular weight excluding hydrogens is 242 g/mol. The zero-order valence-corrected chi connectivity index (χ0v) is 11.1. The second kappa shape index (κ2) is 6.89.